The van der Waals surface area contributed by atoms with Crippen LogP contribution in [0.3, 0.4) is 0 Å². The van der Waals surface area contributed by atoms with Gasteiger partial charge in [0, 0.05) is 17.1 Å². The van der Waals surface area contributed by atoms with E-state index >= 15 is 0 Å². The molecule has 0 amide bonds. The fraction of sp³-hybridized carbons (Fsp3) is 0.222. The molecule has 11 heavy (non-hydrogen) atoms. The summed E-state index contributed by atoms with van der Waals surface area (Å²) in [7, 11) is 0. The van der Waals surface area contributed by atoms with Gasteiger partial charge in [-0.1, -0.05) is 22.0 Å². The molecule has 2 rings (SSSR count). The van der Waals surface area contributed by atoms with Crippen molar-refractivity contribution in [2.45, 2.75) is 13.3 Å². The average Bonchev–Trinajstić information content (AvgIpc) is 2.45. The molecular weight excluding hydrogens is 202 g/mol. The van der Waals surface area contributed by atoms with Crippen LogP contribution in [0.1, 0.15) is 11.1 Å². The zero-order chi connectivity index (χ0) is 7.84. The summed E-state index contributed by atoms with van der Waals surface area (Å²) in [4.78, 5) is 4.30. The van der Waals surface area contributed by atoms with Crippen molar-refractivity contribution in [3.63, 3.8) is 0 Å². The first kappa shape index (κ1) is 7.04. The highest BCUT2D eigenvalue weighted by Crippen LogP contribution is 2.33. The lowest BCUT2D eigenvalue weighted by molar-refractivity contribution is 1.33. The van der Waals surface area contributed by atoms with Crippen LogP contribution in [-0.2, 0) is 6.42 Å². The maximum atomic E-state index is 4.30. The monoisotopic (exact) mass is 209 g/mol. The van der Waals surface area contributed by atoms with Crippen molar-refractivity contribution in [3.8, 4) is 0 Å². The van der Waals surface area contributed by atoms with E-state index in [1.54, 1.807) is 0 Å². The van der Waals surface area contributed by atoms with Gasteiger partial charge >= 0.3 is 0 Å². The average molecular weight is 210 g/mol. The van der Waals surface area contributed by atoms with Crippen LogP contribution >= 0.6 is 15.9 Å². The van der Waals surface area contributed by atoms with E-state index in [9.17, 15) is 0 Å². The van der Waals surface area contributed by atoms with Crippen LogP contribution in [0.5, 0.6) is 0 Å². The molecule has 0 saturated heterocycles. The van der Waals surface area contributed by atoms with Crippen LogP contribution in [-0.4, -0.2) is 6.21 Å². The van der Waals surface area contributed by atoms with E-state index in [-0.39, 0.29) is 0 Å². The van der Waals surface area contributed by atoms with E-state index in [0.717, 1.165) is 12.1 Å². The van der Waals surface area contributed by atoms with E-state index in [2.05, 4.69) is 40.0 Å². The summed E-state index contributed by atoms with van der Waals surface area (Å²) >= 11 is 3.50. The van der Waals surface area contributed by atoms with Crippen molar-refractivity contribution in [1.82, 2.24) is 0 Å². The fourth-order valence-corrected chi connectivity index (χ4v) is 1.81. The Morgan fingerprint density at radius 2 is 2.27 bits per heavy atom. The molecule has 1 heterocycles. The Hall–Kier alpha value is -0.630. The topological polar surface area (TPSA) is 12.4 Å². The number of halogens is 1. The number of aryl methyl sites for hydroxylation is 1. The second-order valence-electron chi connectivity index (χ2n) is 2.71. The predicted molar refractivity (Wildman–Crippen MR) is 50.7 cm³/mol. The summed E-state index contributed by atoms with van der Waals surface area (Å²) < 4.78 is 1.18. The van der Waals surface area contributed by atoms with Gasteiger partial charge in [-0.15, -0.1) is 0 Å². The molecule has 0 bridgehead atoms. The zero-order valence-electron chi connectivity index (χ0n) is 6.26. The van der Waals surface area contributed by atoms with Crippen LogP contribution < -0.4 is 0 Å². The second-order valence-corrected chi connectivity index (χ2v) is 3.56. The molecule has 0 spiro atoms. The lowest BCUT2D eigenvalue weighted by atomic mass is 10.1. The number of aliphatic imine (C=N–C) groups is 1. The molecule has 2 heteroatoms. The molecule has 1 aliphatic rings. The van der Waals surface area contributed by atoms with Gasteiger partial charge in [-0.25, -0.2) is 0 Å². The van der Waals surface area contributed by atoms with Crippen molar-refractivity contribution in [2.24, 2.45) is 4.99 Å². The molecule has 1 aliphatic heterocycles. The highest BCUT2D eigenvalue weighted by Gasteiger charge is 2.11. The SMILES string of the molecule is Cc1ccc(Br)c2c1N=CC2. The summed E-state index contributed by atoms with van der Waals surface area (Å²) in [6.45, 7) is 2.09. The summed E-state index contributed by atoms with van der Waals surface area (Å²) in [6.07, 6.45) is 2.93. The summed E-state index contributed by atoms with van der Waals surface area (Å²) in [6, 6.07) is 4.18. The number of hydrogen-bond acceptors (Lipinski definition) is 1. The van der Waals surface area contributed by atoms with Gasteiger partial charge in [0.15, 0.2) is 0 Å². The Labute approximate surface area is 74.3 Å². The van der Waals surface area contributed by atoms with Crippen LogP contribution in [0.15, 0.2) is 21.6 Å². The van der Waals surface area contributed by atoms with Crippen molar-refractivity contribution < 1.29 is 0 Å². The first-order chi connectivity index (χ1) is 5.29. The third-order valence-corrected chi connectivity index (χ3v) is 2.69. The molecule has 0 fully saturated rings. The standard InChI is InChI=1S/C9H8BrN/c1-6-2-3-8(10)7-4-5-11-9(6)7/h2-3,5H,4H2,1H3. The molecule has 1 aromatic carbocycles. The quantitative estimate of drug-likeness (QED) is 0.624. The van der Waals surface area contributed by atoms with Crippen LogP contribution in [0.2, 0.25) is 0 Å². The Bertz CT molecular complexity index is 329. The van der Waals surface area contributed by atoms with Gasteiger partial charge in [0.05, 0.1) is 5.69 Å². The van der Waals surface area contributed by atoms with Crippen LogP contribution in [0.4, 0.5) is 5.69 Å². The van der Waals surface area contributed by atoms with E-state index in [1.807, 2.05) is 6.21 Å². The van der Waals surface area contributed by atoms with E-state index in [1.165, 1.54) is 15.6 Å². The van der Waals surface area contributed by atoms with Gasteiger partial charge in [-0.05, 0) is 24.1 Å². The smallest absolute Gasteiger partial charge is 0.0701 e. The lowest BCUT2D eigenvalue weighted by Gasteiger charge is -2.02. The summed E-state index contributed by atoms with van der Waals surface area (Å²) in [5.41, 5.74) is 3.74. The Kier molecular flexibility index (Phi) is 1.57. The number of hydrogen-bond donors (Lipinski definition) is 0. The predicted octanol–water partition coefficient (Wildman–Crippen LogP) is 3.02. The molecule has 56 valence electrons. The van der Waals surface area contributed by atoms with Crippen LogP contribution in [0, 0.1) is 6.92 Å². The maximum Gasteiger partial charge on any atom is 0.0701 e. The van der Waals surface area contributed by atoms with E-state index in [4.69, 9.17) is 0 Å². The molecule has 0 saturated carbocycles. The second kappa shape index (κ2) is 2.45. The highest BCUT2D eigenvalue weighted by atomic mass is 79.9. The van der Waals surface area contributed by atoms with Crippen LogP contribution in [0.25, 0.3) is 0 Å². The Morgan fingerprint density at radius 1 is 1.45 bits per heavy atom. The largest absolute Gasteiger partial charge is 0.260 e. The van der Waals surface area contributed by atoms with Crippen molar-refractivity contribution in [2.75, 3.05) is 0 Å². The minimum Gasteiger partial charge on any atom is -0.260 e. The van der Waals surface area contributed by atoms with Crippen molar-refractivity contribution in [3.05, 3.63) is 27.7 Å². The van der Waals surface area contributed by atoms with E-state index < -0.39 is 0 Å². The minimum absolute atomic E-state index is 0.970. The summed E-state index contributed by atoms with van der Waals surface area (Å²) in [5.74, 6) is 0. The van der Waals surface area contributed by atoms with Crippen molar-refractivity contribution in [1.29, 1.82) is 0 Å². The molecule has 0 aromatic heterocycles. The molecule has 0 unspecified atom stereocenters. The molecule has 1 nitrogen and oxygen atoms in total. The van der Waals surface area contributed by atoms with Gasteiger partial charge < -0.3 is 0 Å². The maximum absolute atomic E-state index is 4.30. The molecule has 0 radical (unpaired) electrons. The molecular formula is C9H8BrN. The third kappa shape index (κ3) is 1.02. The normalized spacial score (nSPS) is 13.6. The number of benzene rings is 1. The van der Waals surface area contributed by atoms with Gasteiger partial charge in [0.2, 0.25) is 0 Å². The molecule has 0 aliphatic carbocycles. The van der Waals surface area contributed by atoms with Gasteiger partial charge in [0.1, 0.15) is 0 Å². The van der Waals surface area contributed by atoms with Gasteiger partial charge in [-0.3, -0.25) is 4.99 Å². The zero-order valence-corrected chi connectivity index (χ0v) is 7.85. The van der Waals surface area contributed by atoms with Gasteiger partial charge in [0.25, 0.3) is 0 Å². The lowest BCUT2D eigenvalue weighted by Crippen LogP contribution is -1.82. The third-order valence-electron chi connectivity index (χ3n) is 1.94. The van der Waals surface area contributed by atoms with Crippen molar-refractivity contribution >= 4 is 27.8 Å². The minimum atomic E-state index is 0.970. The Balaban J connectivity index is 2.71. The molecule has 0 atom stereocenters. The fourth-order valence-electron chi connectivity index (χ4n) is 1.33. The Morgan fingerprint density at radius 3 is 3.00 bits per heavy atom. The molecule has 1 aromatic rings. The first-order valence-corrected chi connectivity index (χ1v) is 4.39. The number of rotatable bonds is 0. The first-order valence-electron chi connectivity index (χ1n) is 3.59. The van der Waals surface area contributed by atoms with E-state index in [0.29, 0.717) is 0 Å². The summed E-state index contributed by atoms with van der Waals surface area (Å²) in [5, 5.41) is 0. The molecule has 0 N–H and O–H groups in total. The highest BCUT2D eigenvalue weighted by molar-refractivity contribution is 9.10. The number of nitrogens with zero attached hydrogens (tertiary/aromatic N) is 1. The number of fused-ring (bicyclic) bond motifs is 1. The van der Waals surface area contributed by atoms with Gasteiger partial charge in [-0.2, -0.15) is 0 Å².